The molecule has 12 nitrogen and oxygen atoms in total. The number of rotatable bonds is 11. The molecule has 14 aromatic carbocycles. The lowest BCUT2D eigenvalue weighted by Crippen LogP contribution is -2.21. The highest BCUT2D eigenvalue weighted by Gasteiger charge is 2.30. The monoisotopic (exact) mass is 1690 g/mol. The maximum atomic E-state index is 15.5. The van der Waals surface area contributed by atoms with Crippen molar-refractivity contribution in [2.75, 3.05) is 20.0 Å². The van der Waals surface area contributed by atoms with E-state index in [1.807, 2.05) is 324 Å². The Morgan fingerprint density at radius 2 is 0.352 bits per heavy atom. The van der Waals surface area contributed by atoms with Crippen LogP contribution in [0.2, 0.25) is 0 Å². The zero-order valence-corrected chi connectivity index (χ0v) is 61.8. The third-order valence-corrected chi connectivity index (χ3v) is 21.4. The summed E-state index contributed by atoms with van der Waals surface area (Å²) in [4.78, 5) is 92.8. The molecule has 0 aliphatic rings. The van der Waals surface area contributed by atoms with Gasteiger partial charge >= 0.3 is 0 Å². The summed E-state index contributed by atoms with van der Waals surface area (Å²) in [5, 5.41) is 8.66. The molecule has 0 atom stereocenters. The average molecular weight is 1700 g/mol. The van der Waals surface area contributed by atoms with Crippen molar-refractivity contribution >= 4 is 228 Å². The number of hydrogen-bond acceptors (Lipinski definition) is 10. The number of pyridine rings is 6. The summed E-state index contributed by atoms with van der Waals surface area (Å²) < 4.78 is 6.49. The highest BCUT2D eigenvalue weighted by atomic mass is 127. The standard InChI is InChI=1S/C57H36N4O3.C21H6I3NO3.C12H11N/c62-55-46-31-43(58(37-19-7-1-8-20-37)38-21-9-2-10-22-38)32-47-52(46)61-53-48(55)33-44(59(39-23-11-3-12-24-39)40-25-13-4-14-26-40)35-50(53)57(64)51-36-45(34-49(54(51)61)56(47)63)60(41-27-15-5-16-28-41)42-29-17-6-18-30-42;22-7-1-10-16-11(2-7)20(27)14-5-9(24)6-15-18(14)25(16)17-12(19(10)26)3-8(23)4-13(17)21(15)28;1-3-7-11(8-4-1)13-12-9-5-2-6-10-12/h1-36H;1-6H;1-10,13H. The Balaban J connectivity index is 0.000000155. The lowest BCUT2D eigenvalue weighted by molar-refractivity contribution is 1.26. The molecular weight excluding hydrogens is 1640 g/mol. The Labute approximate surface area is 638 Å². The number of benzene rings is 14. The van der Waals surface area contributed by atoms with E-state index >= 15 is 14.4 Å². The predicted octanol–water partition coefficient (Wildman–Crippen LogP) is 21.5. The third kappa shape index (κ3) is 11.0. The number of hydrogen-bond donors (Lipinski definition) is 1. The van der Waals surface area contributed by atoms with Gasteiger partial charge in [0.05, 0.1) is 33.1 Å². The molecular formula is C90H53I3N6O6. The van der Waals surface area contributed by atoms with E-state index < -0.39 is 0 Å². The van der Waals surface area contributed by atoms with E-state index in [2.05, 4.69) is 87.8 Å². The fraction of sp³-hybridized carbons (Fsp3) is 0. The summed E-state index contributed by atoms with van der Waals surface area (Å²) in [5.74, 6) is 0. The molecule has 0 amide bonds. The normalized spacial score (nSPS) is 11.6. The molecule has 6 heterocycles. The van der Waals surface area contributed by atoms with Crippen LogP contribution in [-0.2, 0) is 0 Å². The van der Waals surface area contributed by atoms with Crippen molar-refractivity contribution in [2.24, 2.45) is 0 Å². The summed E-state index contributed by atoms with van der Waals surface area (Å²) in [5.41, 5.74) is 11.5. The molecule has 0 spiro atoms. The lowest BCUT2D eigenvalue weighted by Gasteiger charge is -2.29. The molecule has 105 heavy (non-hydrogen) atoms. The minimum atomic E-state index is -0.266. The highest BCUT2D eigenvalue weighted by Crippen LogP contribution is 2.45. The second-order valence-electron chi connectivity index (χ2n) is 25.7. The molecule has 0 saturated carbocycles. The predicted molar refractivity (Wildman–Crippen MR) is 458 cm³/mol. The van der Waals surface area contributed by atoms with Gasteiger partial charge in [0.1, 0.15) is 0 Å². The van der Waals surface area contributed by atoms with E-state index in [0.717, 1.165) is 56.2 Å². The van der Waals surface area contributed by atoms with Gasteiger partial charge in [0, 0.05) is 138 Å². The Morgan fingerprint density at radius 1 is 0.200 bits per heavy atom. The average Bonchev–Trinajstić information content (AvgIpc) is 0.687. The van der Waals surface area contributed by atoms with Gasteiger partial charge in [0.25, 0.3) is 0 Å². The van der Waals surface area contributed by atoms with Gasteiger partial charge in [0.15, 0.2) is 32.6 Å². The number of halogens is 3. The van der Waals surface area contributed by atoms with Crippen LogP contribution in [0.1, 0.15) is 0 Å². The summed E-state index contributed by atoms with van der Waals surface area (Å²) in [6.07, 6.45) is 0. The summed E-state index contributed by atoms with van der Waals surface area (Å²) >= 11 is 6.42. The van der Waals surface area contributed by atoms with Gasteiger partial charge in [-0.2, -0.15) is 0 Å². The van der Waals surface area contributed by atoms with Crippen molar-refractivity contribution in [2.45, 2.75) is 0 Å². The highest BCUT2D eigenvalue weighted by molar-refractivity contribution is 14.1. The molecule has 20 rings (SSSR count). The van der Waals surface area contributed by atoms with Crippen LogP contribution in [0.3, 0.4) is 0 Å². The molecule has 0 aliphatic heterocycles. The van der Waals surface area contributed by atoms with E-state index in [0.29, 0.717) is 115 Å². The molecule has 20 aromatic rings. The molecule has 1 N–H and O–H groups in total. The van der Waals surface area contributed by atoms with E-state index in [4.69, 9.17) is 0 Å². The molecule has 0 radical (unpaired) electrons. The number of nitrogens with zero attached hydrogens (tertiary/aromatic N) is 5. The first-order valence-electron chi connectivity index (χ1n) is 33.9. The van der Waals surface area contributed by atoms with Crippen LogP contribution in [0.5, 0.6) is 0 Å². The molecule has 0 unspecified atom stereocenters. The van der Waals surface area contributed by atoms with Crippen molar-refractivity contribution < 1.29 is 0 Å². The number of nitrogens with one attached hydrogen (secondary N) is 1. The zero-order valence-electron chi connectivity index (χ0n) is 55.3. The first-order valence-corrected chi connectivity index (χ1v) is 37.1. The van der Waals surface area contributed by atoms with Crippen LogP contribution < -0.4 is 52.6 Å². The van der Waals surface area contributed by atoms with E-state index in [1.165, 1.54) is 0 Å². The van der Waals surface area contributed by atoms with Gasteiger partial charge in [-0.3, -0.25) is 28.8 Å². The van der Waals surface area contributed by atoms with Crippen molar-refractivity contribution in [1.29, 1.82) is 0 Å². The van der Waals surface area contributed by atoms with E-state index in [1.54, 1.807) is 0 Å². The maximum Gasteiger partial charge on any atom is 0.197 e. The van der Waals surface area contributed by atoms with Gasteiger partial charge in [0.2, 0.25) is 0 Å². The second-order valence-corrected chi connectivity index (χ2v) is 29.5. The minimum Gasteiger partial charge on any atom is -0.356 e. The van der Waals surface area contributed by atoms with Crippen LogP contribution in [0.15, 0.2) is 344 Å². The van der Waals surface area contributed by atoms with Gasteiger partial charge in [-0.25, -0.2) is 0 Å². The Bertz CT molecular complexity index is 6120. The van der Waals surface area contributed by atoms with Crippen molar-refractivity contribution in [3.63, 3.8) is 0 Å². The molecule has 0 fully saturated rings. The first kappa shape index (κ1) is 65.1. The Kier molecular flexibility index (Phi) is 16.4. The number of para-hydroxylation sites is 8. The first-order chi connectivity index (χ1) is 51.3. The molecule has 0 bridgehead atoms. The molecule has 0 saturated heterocycles. The van der Waals surface area contributed by atoms with Gasteiger partial charge < -0.3 is 28.8 Å². The van der Waals surface area contributed by atoms with Crippen molar-refractivity contribution in [3.8, 4) is 0 Å². The fourth-order valence-corrected chi connectivity index (χ4v) is 17.0. The zero-order chi connectivity index (χ0) is 71.3. The maximum absolute atomic E-state index is 15.5. The van der Waals surface area contributed by atoms with Gasteiger partial charge in [-0.15, -0.1) is 0 Å². The molecule has 500 valence electrons. The summed E-state index contributed by atoms with van der Waals surface area (Å²) in [6, 6.07) is 102. The van der Waals surface area contributed by atoms with Gasteiger partial charge in [-0.05, 0) is 238 Å². The largest absolute Gasteiger partial charge is 0.356 e. The topological polar surface area (TPSA) is 133 Å². The second kappa shape index (κ2) is 26.4. The summed E-state index contributed by atoms with van der Waals surface area (Å²) in [7, 11) is 0. The molecule has 0 aliphatic carbocycles. The van der Waals surface area contributed by atoms with E-state index in [9.17, 15) is 14.4 Å². The number of anilines is 11. The smallest absolute Gasteiger partial charge is 0.197 e. The number of aromatic nitrogens is 2. The van der Waals surface area contributed by atoms with E-state index in [-0.39, 0.29) is 32.6 Å². The third-order valence-electron chi connectivity index (χ3n) is 19.5. The molecule has 6 aromatic heterocycles. The quantitative estimate of drug-likeness (QED) is 0.0758. The van der Waals surface area contributed by atoms with Crippen LogP contribution in [-0.4, -0.2) is 8.80 Å². The van der Waals surface area contributed by atoms with Crippen LogP contribution in [0.4, 0.5) is 62.6 Å². The minimum absolute atomic E-state index is 0.140. The van der Waals surface area contributed by atoms with Crippen molar-refractivity contribution in [1.82, 2.24) is 8.80 Å². The summed E-state index contributed by atoms with van der Waals surface area (Å²) in [6.45, 7) is 0. The SMILES string of the molecule is O=c1c2cc(I)cc3c(=O)c4cc(I)cc5c(=O)c6cc(I)cc1c6n(c23)c45.O=c1c2cc(N(c3ccccc3)c3ccccc3)cc3c(=O)c4cc(N(c5ccccc5)c5ccccc5)cc5c(=O)c6cc(N(c7ccccc7)c7ccccc7)cc1c6n(c23)c45.c1ccc(Nc2ccccc2)cc1. The lowest BCUT2D eigenvalue weighted by atomic mass is 9.95. The van der Waals surface area contributed by atoms with Crippen molar-refractivity contribution in [3.05, 3.63) is 388 Å². The van der Waals surface area contributed by atoms with Crippen LogP contribution in [0.25, 0.3) is 97.7 Å². The van der Waals surface area contributed by atoms with Crippen LogP contribution >= 0.6 is 67.8 Å². The molecule has 15 heteroatoms. The fourth-order valence-electron chi connectivity index (χ4n) is 15.1. The van der Waals surface area contributed by atoms with Crippen LogP contribution in [0, 0.1) is 10.7 Å². The Hall–Kier alpha value is -11.9. The Morgan fingerprint density at radius 3 is 0.524 bits per heavy atom. The van der Waals surface area contributed by atoms with Gasteiger partial charge in [-0.1, -0.05) is 146 Å².